The van der Waals surface area contributed by atoms with Crippen LogP contribution >= 0.6 is 11.3 Å². The van der Waals surface area contributed by atoms with Crippen LogP contribution in [-0.4, -0.2) is 52.2 Å². The highest BCUT2D eigenvalue weighted by Gasteiger charge is 2.40. The zero-order chi connectivity index (χ0) is 21.8. The molecule has 0 aliphatic carbocycles. The van der Waals surface area contributed by atoms with Crippen molar-refractivity contribution in [2.45, 2.75) is 32.0 Å². The number of hydrogen-bond acceptors (Lipinski definition) is 6. The van der Waals surface area contributed by atoms with Gasteiger partial charge in [0.2, 0.25) is 5.91 Å². The minimum atomic E-state index is -1.04. The third kappa shape index (κ3) is 5.50. The van der Waals surface area contributed by atoms with Crippen molar-refractivity contribution in [2.75, 3.05) is 25.0 Å². The van der Waals surface area contributed by atoms with Crippen molar-refractivity contribution in [1.82, 2.24) is 9.88 Å². The molecular formula is C24H27N3O3S. The van der Waals surface area contributed by atoms with Gasteiger partial charge >= 0.3 is 0 Å². The second-order valence-electron chi connectivity index (χ2n) is 8.16. The summed E-state index contributed by atoms with van der Waals surface area (Å²) in [5, 5.41) is 16.9. The van der Waals surface area contributed by atoms with E-state index < -0.39 is 5.60 Å². The van der Waals surface area contributed by atoms with Gasteiger partial charge in [-0.2, -0.15) is 0 Å². The molecule has 1 amide bonds. The Morgan fingerprint density at radius 1 is 1.29 bits per heavy atom. The van der Waals surface area contributed by atoms with E-state index in [-0.39, 0.29) is 18.6 Å². The fourth-order valence-electron chi connectivity index (χ4n) is 3.88. The quantitative estimate of drug-likeness (QED) is 0.611. The third-order valence-electron chi connectivity index (χ3n) is 5.39. The van der Waals surface area contributed by atoms with Gasteiger partial charge in [-0.3, -0.25) is 9.69 Å². The number of thiazole rings is 1. The zero-order valence-electron chi connectivity index (χ0n) is 17.7. The second-order valence-corrected chi connectivity index (χ2v) is 9.22. The number of aryl methyl sites for hydroxylation is 1. The second kappa shape index (κ2) is 9.18. The molecule has 0 bridgehead atoms. The molecule has 31 heavy (non-hydrogen) atoms. The number of β-amino-alcohol motifs (C(OH)–C–C–N with tert-alkyl or cyclic N) is 1. The van der Waals surface area contributed by atoms with Crippen LogP contribution in [0.1, 0.15) is 18.4 Å². The van der Waals surface area contributed by atoms with Crippen molar-refractivity contribution < 1.29 is 14.6 Å². The molecule has 0 saturated carbocycles. The fraction of sp³-hybridized carbons (Fsp3) is 0.333. The van der Waals surface area contributed by atoms with Crippen molar-refractivity contribution in [1.29, 1.82) is 0 Å². The van der Waals surface area contributed by atoms with Crippen molar-refractivity contribution in [3.63, 3.8) is 0 Å². The number of anilines is 1. The SMILES string of the molecule is Cc1nc(-c2cccc(NC(=O)CN3CC[C@H](Oc4ccccc4)[C@@](C)(O)C3)c2)cs1. The molecule has 2 aromatic carbocycles. The number of aliphatic hydroxyl groups is 1. The number of amides is 1. The monoisotopic (exact) mass is 437 g/mol. The minimum Gasteiger partial charge on any atom is -0.487 e. The summed E-state index contributed by atoms with van der Waals surface area (Å²) in [4.78, 5) is 19.1. The Hall–Kier alpha value is -2.74. The number of para-hydroxylation sites is 1. The van der Waals surface area contributed by atoms with E-state index in [2.05, 4.69) is 10.3 Å². The van der Waals surface area contributed by atoms with Gasteiger partial charge < -0.3 is 15.2 Å². The highest BCUT2D eigenvalue weighted by Crippen LogP contribution is 2.27. The Labute approximate surface area is 186 Å². The summed E-state index contributed by atoms with van der Waals surface area (Å²) in [6, 6.07) is 17.2. The molecule has 4 rings (SSSR count). The number of hydrogen-bond donors (Lipinski definition) is 2. The van der Waals surface area contributed by atoms with E-state index in [0.717, 1.165) is 27.7 Å². The Morgan fingerprint density at radius 2 is 2.10 bits per heavy atom. The lowest BCUT2D eigenvalue weighted by Crippen LogP contribution is -2.58. The predicted octanol–water partition coefficient (Wildman–Crippen LogP) is 3.96. The lowest BCUT2D eigenvalue weighted by atomic mass is 9.91. The number of ether oxygens (including phenoxy) is 1. The van der Waals surface area contributed by atoms with Gasteiger partial charge in [-0.05, 0) is 44.5 Å². The Kier molecular flexibility index (Phi) is 6.36. The average Bonchev–Trinajstić information content (AvgIpc) is 3.17. The molecule has 162 valence electrons. The Bertz CT molecular complexity index is 1040. The maximum absolute atomic E-state index is 12.6. The fourth-order valence-corrected chi connectivity index (χ4v) is 4.51. The van der Waals surface area contributed by atoms with Crippen LogP contribution in [-0.2, 0) is 4.79 Å². The summed E-state index contributed by atoms with van der Waals surface area (Å²) in [6.45, 7) is 5.01. The van der Waals surface area contributed by atoms with Crippen LogP contribution in [0.15, 0.2) is 60.0 Å². The van der Waals surface area contributed by atoms with Crippen molar-refractivity contribution in [2.24, 2.45) is 0 Å². The molecule has 0 unspecified atom stereocenters. The van der Waals surface area contributed by atoms with Crippen LogP contribution in [0.2, 0.25) is 0 Å². The normalized spacial score (nSPS) is 21.6. The van der Waals surface area contributed by atoms with E-state index in [1.807, 2.05) is 71.8 Å². The van der Waals surface area contributed by atoms with E-state index in [1.165, 1.54) is 0 Å². The van der Waals surface area contributed by atoms with Gasteiger partial charge in [-0.15, -0.1) is 11.3 Å². The highest BCUT2D eigenvalue weighted by molar-refractivity contribution is 7.09. The van der Waals surface area contributed by atoms with E-state index >= 15 is 0 Å². The first kappa shape index (κ1) is 21.5. The topological polar surface area (TPSA) is 74.7 Å². The van der Waals surface area contributed by atoms with Crippen molar-refractivity contribution >= 4 is 22.9 Å². The zero-order valence-corrected chi connectivity index (χ0v) is 18.6. The highest BCUT2D eigenvalue weighted by atomic mass is 32.1. The maximum Gasteiger partial charge on any atom is 0.238 e. The number of nitrogens with one attached hydrogen (secondary N) is 1. The number of piperidine rings is 1. The Morgan fingerprint density at radius 3 is 2.81 bits per heavy atom. The smallest absolute Gasteiger partial charge is 0.238 e. The molecule has 1 fully saturated rings. The molecule has 2 heterocycles. The van der Waals surface area contributed by atoms with E-state index in [4.69, 9.17) is 4.74 Å². The van der Waals surface area contributed by atoms with Gasteiger partial charge in [-0.1, -0.05) is 30.3 Å². The van der Waals surface area contributed by atoms with E-state index in [0.29, 0.717) is 19.5 Å². The van der Waals surface area contributed by atoms with Gasteiger partial charge in [0.1, 0.15) is 17.5 Å². The van der Waals surface area contributed by atoms with Crippen LogP contribution in [0.4, 0.5) is 5.69 Å². The van der Waals surface area contributed by atoms with E-state index in [9.17, 15) is 9.90 Å². The first-order valence-electron chi connectivity index (χ1n) is 10.4. The number of rotatable bonds is 6. The lowest BCUT2D eigenvalue weighted by molar-refractivity contribution is -0.123. The average molecular weight is 438 g/mol. The number of likely N-dealkylation sites (tertiary alicyclic amines) is 1. The van der Waals surface area contributed by atoms with Gasteiger partial charge in [0, 0.05) is 29.7 Å². The van der Waals surface area contributed by atoms with Crippen LogP contribution in [0.5, 0.6) is 5.75 Å². The summed E-state index contributed by atoms with van der Waals surface area (Å²) in [5.41, 5.74) is 1.58. The number of carbonyl (C=O) groups excluding carboxylic acids is 1. The summed E-state index contributed by atoms with van der Waals surface area (Å²) in [5.74, 6) is 0.638. The molecule has 6 nitrogen and oxygen atoms in total. The number of aromatic nitrogens is 1. The van der Waals surface area contributed by atoms with Gasteiger partial charge in [0.15, 0.2) is 0 Å². The number of carbonyl (C=O) groups is 1. The lowest BCUT2D eigenvalue weighted by Gasteiger charge is -2.42. The molecule has 2 N–H and O–H groups in total. The molecule has 1 aliphatic heterocycles. The van der Waals surface area contributed by atoms with Crippen LogP contribution in [0, 0.1) is 6.92 Å². The number of benzene rings is 2. The first-order chi connectivity index (χ1) is 14.9. The maximum atomic E-state index is 12.6. The molecule has 1 saturated heterocycles. The third-order valence-corrected chi connectivity index (χ3v) is 6.17. The van der Waals surface area contributed by atoms with Crippen molar-refractivity contribution in [3.8, 4) is 17.0 Å². The largest absolute Gasteiger partial charge is 0.487 e. The van der Waals surface area contributed by atoms with Crippen molar-refractivity contribution in [3.05, 3.63) is 65.0 Å². The molecule has 0 radical (unpaired) electrons. The standard InChI is InChI=1S/C24H27N3O3S/c1-17-25-21(15-31-17)18-7-6-8-19(13-18)26-23(28)14-27-12-11-22(24(2,29)16-27)30-20-9-4-3-5-10-20/h3-10,13,15,22,29H,11-12,14,16H2,1-2H3,(H,26,28)/t22-,24-/m0/s1. The molecule has 0 spiro atoms. The Balaban J connectivity index is 1.33. The van der Waals surface area contributed by atoms with Crippen LogP contribution in [0.25, 0.3) is 11.3 Å². The molecular weight excluding hydrogens is 410 g/mol. The molecule has 1 aromatic heterocycles. The molecule has 2 atom stereocenters. The van der Waals surface area contributed by atoms with E-state index in [1.54, 1.807) is 18.3 Å². The van der Waals surface area contributed by atoms with Crippen LogP contribution in [0.3, 0.4) is 0 Å². The summed E-state index contributed by atoms with van der Waals surface area (Å²) in [7, 11) is 0. The van der Waals surface area contributed by atoms with Gasteiger partial charge in [-0.25, -0.2) is 4.98 Å². The predicted molar refractivity (Wildman–Crippen MR) is 123 cm³/mol. The molecule has 1 aliphatic rings. The molecule has 3 aromatic rings. The first-order valence-corrected chi connectivity index (χ1v) is 11.3. The minimum absolute atomic E-state index is 0.107. The molecule has 7 heteroatoms. The summed E-state index contributed by atoms with van der Waals surface area (Å²) < 4.78 is 5.99. The summed E-state index contributed by atoms with van der Waals surface area (Å²) >= 11 is 1.60. The van der Waals surface area contributed by atoms with Gasteiger partial charge in [0.25, 0.3) is 0 Å². The number of nitrogens with zero attached hydrogens (tertiary/aromatic N) is 2. The van der Waals surface area contributed by atoms with Gasteiger partial charge in [0.05, 0.1) is 17.2 Å². The summed E-state index contributed by atoms with van der Waals surface area (Å²) in [6.07, 6.45) is 0.334. The van der Waals surface area contributed by atoms with Crippen LogP contribution < -0.4 is 10.1 Å².